The van der Waals surface area contributed by atoms with E-state index in [0.29, 0.717) is 24.9 Å². The summed E-state index contributed by atoms with van der Waals surface area (Å²) in [6.07, 6.45) is -0.138. The molecule has 2 heterocycles. The number of quaternary nitrogens is 1. The van der Waals surface area contributed by atoms with Crippen molar-refractivity contribution in [3.63, 3.8) is 0 Å². The number of nitrogens with two attached hydrogens (primary N) is 3. The minimum atomic E-state index is -2.02. The summed E-state index contributed by atoms with van der Waals surface area (Å²) < 4.78 is 0. The zero-order valence-electron chi connectivity index (χ0n) is 42.7. The van der Waals surface area contributed by atoms with Gasteiger partial charge in [0.1, 0.15) is 48.3 Å². The van der Waals surface area contributed by atoms with Crippen LogP contribution in [0.3, 0.4) is 0 Å². The van der Waals surface area contributed by atoms with Gasteiger partial charge in [-0.1, -0.05) is 32.0 Å². The van der Waals surface area contributed by atoms with Gasteiger partial charge in [0.2, 0.25) is 53.2 Å². The van der Waals surface area contributed by atoms with Gasteiger partial charge >= 0.3 is 5.96 Å². The molecule has 1 aromatic carbocycles. The fourth-order valence-corrected chi connectivity index (χ4v) is 8.97. The van der Waals surface area contributed by atoms with Crippen LogP contribution in [-0.4, -0.2) is 178 Å². The summed E-state index contributed by atoms with van der Waals surface area (Å²) in [5, 5.41) is 50.7. The highest BCUT2D eigenvalue weighted by Gasteiger charge is 2.37. The fourth-order valence-electron chi connectivity index (χ4n) is 8.01. The molecule has 416 valence electrons. The second kappa shape index (κ2) is 31.0. The van der Waals surface area contributed by atoms with Gasteiger partial charge in [-0.15, -0.1) is 0 Å². The number of aliphatic hydroxyl groups excluding tert-OH is 2. The van der Waals surface area contributed by atoms with Crippen molar-refractivity contribution in [2.75, 3.05) is 38.2 Å². The maximum Gasteiger partial charge on any atom is 0.338 e. The molecule has 1 aromatic heterocycles. The Balaban J connectivity index is 2.13. The predicted molar refractivity (Wildman–Crippen MR) is 271 cm³/mol. The third-order valence-corrected chi connectivity index (χ3v) is 13.2. The van der Waals surface area contributed by atoms with Gasteiger partial charge < -0.3 is 78.7 Å². The van der Waals surface area contributed by atoms with Gasteiger partial charge in [-0.2, -0.15) is 11.8 Å². The lowest BCUT2D eigenvalue weighted by Gasteiger charge is -2.30. The largest absolute Gasteiger partial charge is 0.550 e. The van der Waals surface area contributed by atoms with Crippen molar-refractivity contribution < 1.29 is 74.0 Å². The Morgan fingerprint density at radius 3 is 2.15 bits per heavy atom. The Morgan fingerprint density at radius 2 is 1.52 bits per heavy atom. The first-order chi connectivity index (χ1) is 35.5. The number of aliphatic hydroxyl groups is 2. The number of amides is 9. The number of aromatic nitrogens is 1. The number of primary amides is 1. The van der Waals surface area contributed by atoms with Crippen LogP contribution in [0.15, 0.2) is 30.5 Å². The third-order valence-electron chi connectivity index (χ3n) is 12.1. The lowest BCUT2D eigenvalue weighted by Crippen LogP contribution is -2.78. The van der Waals surface area contributed by atoms with Crippen LogP contribution in [0.4, 0.5) is 0 Å². The number of likely N-dealkylation sites (N-methyl/N-ethyl adjacent to an activating group) is 1. The smallest absolute Gasteiger partial charge is 0.338 e. The molecular formula is C47H75N14O13S+. The van der Waals surface area contributed by atoms with Crippen LogP contribution in [0.5, 0.6) is 0 Å². The summed E-state index contributed by atoms with van der Waals surface area (Å²) in [5.74, 6) is -11.1. The van der Waals surface area contributed by atoms with Crippen molar-refractivity contribution in [2.45, 2.75) is 133 Å². The van der Waals surface area contributed by atoms with E-state index in [0.717, 1.165) is 34.5 Å². The quantitative estimate of drug-likeness (QED) is 0.0314. The second-order valence-electron chi connectivity index (χ2n) is 18.7. The van der Waals surface area contributed by atoms with Gasteiger partial charge in [-0.05, 0) is 63.0 Å². The molecule has 0 saturated carbocycles. The first-order valence-corrected chi connectivity index (χ1v) is 25.8. The van der Waals surface area contributed by atoms with E-state index < -0.39 is 127 Å². The molecule has 0 aliphatic carbocycles. The zero-order chi connectivity index (χ0) is 55.9. The van der Waals surface area contributed by atoms with E-state index in [2.05, 4.69) is 52.9 Å². The number of aliphatic carboxylic acids is 1. The Kier molecular flexibility index (Phi) is 25.7. The summed E-state index contributed by atoms with van der Waals surface area (Å²) in [5.41, 5.74) is 21.9. The number of hydrogen-bond acceptors (Lipinski definition) is 14. The van der Waals surface area contributed by atoms with Crippen LogP contribution < -0.4 is 70.3 Å². The fraction of sp³-hybridized carbons (Fsp3) is 0.596. The molecule has 0 spiro atoms. The summed E-state index contributed by atoms with van der Waals surface area (Å²) in [6.45, 7) is 4.22. The van der Waals surface area contributed by atoms with Crippen LogP contribution in [0.2, 0.25) is 0 Å². The number of nitrogens with zero attached hydrogens (tertiary/aromatic N) is 1. The molecule has 1 aliphatic rings. The van der Waals surface area contributed by atoms with Crippen LogP contribution >= 0.6 is 11.8 Å². The van der Waals surface area contributed by atoms with Crippen molar-refractivity contribution in [3.05, 3.63) is 36.0 Å². The highest BCUT2D eigenvalue weighted by molar-refractivity contribution is 7.99. The van der Waals surface area contributed by atoms with Gasteiger partial charge in [-0.25, -0.2) is 0 Å². The van der Waals surface area contributed by atoms with Gasteiger partial charge in [0.15, 0.2) is 0 Å². The number of fused-ring (bicyclic) bond motifs is 1. The molecule has 20 N–H and O–H groups in total. The van der Waals surface area contributed by atoms with Crippen LogP contribution in [0, 0.1) is 5.92 Å². The zero-order valence-corrected chi connectivity index (χ0v) is 43.6. The van der Waals surface area contributed by atoms with Crippen molar-refractivity contribution in [2.24, 2.45) is 23.1 Å². The Labute approximate surface area is 438 Å². The number of H-pyrrole nitrogens is 1. The molecular weight excluding hydrogens is 1000 g/mol. The van der Waals surface area contributed by atoms with E-state index >= 15 is 0 Å². The molecule has 75 heavy (non-hydrogen) atoms. The highest BCUT2D eigenvalue weighted by atomic mass is 32.2. The average molecular weight is 1080 g/mol. The first-order valence-electron chi connectivity index (χ1n) is 24.7. The normalized spacial score (nSPS) is 22.2. The lowest BCUT2D eigenvalue weighted by atomic mass is 10.0. The minimum absolute atomic E-state index is 0.00632. The first kappa shape index (κ1) is 62.3. The molecule has 1 aliphatic heterocycles. The Morgan fingerprint density at radius 1 is 0.867 bits per heavy atom. The van der Waals surface area contributed by atoms with Crippen LogP contribution in [0.25, 0.3) is 10.9 Å². The van der Waals surface area contributed by atoms with Crippen molar-refractivity contribution in [1.82, 2.24) is 47.1 Å². The molecule has 0 unspecified atom stereocenters. The SMILES string of the molecule is CC(C)C[C@@H]1NC(=O)[C@H]([C@@H](C)O)NC(=O)[C@H](CC(=O)[O-])NC(=O)[C@H](CO)NC(=O)[C@H](CCC[NH+]=C(N)N)N(C)C(=O)CCSC[C@@H](C(=O)N[C@@H](Cc2c[nH]c3ccccc23)C(=O)N[C@@H](CCCC[NH3+])C(N)=O)NC1=O. The molecule has 0 radical (unpaired) electrons. The van der Waals surface area contributed by atoms with Crippen LogP contribution in [-0.2, 0) is 54.4 Å². The summed E-state index contributed by atoms with van der Waals surface area (Å²) in [7, 11) is 1.32. The minimum Gasteiger partial charge on any atom is -0.550 e. The number of guanidine groups is 1. The van der Waals surface area contributed by atoms with E-state index in [1.807, 2.05) is 12.1 Å². The van der Waals surface area contributed by atoms with Crippen molar-refractivity contribution in [1.29, 1.82) is 0 Å². The number of rotatable bonds is 21. The van der Waals surface area contributed by atoms with E-state index in [-0.39, 0.29) is 68.5 Å². The molecule has 2 aromatic rings. The number of aromatic amines is 1. The number of hydrogen-bond donors (Lipinski definition) is 15. The maximum atomic E-state index is 14.6. The highest BCUT2D eigenvalue weighted by Crippen LogP contribution is 2.20. The van der Waals surface area contributed by atoms with Crippen molar-refractivity contribution >= 4 is 87.8 Å². The molecule has 9 amide bonds. The lowest BCUT2D eigenvalue weighted by molar-refractivity contribution is -0.459. The number of nitrogens with one attached hydrogen (secondary N) is 9. The molecule has 1 fully saturated rings. The van der Waals surface area contributed by atoms with E-state index in [1.54, 1.807) is 32.2 Å². The van der Waals surface area contributed by atoms with Crippen molar-refractivity contribution in [3.8, 4) is 0 Å². The van der Waals surface area contributed by atoms with E-state index in [9.17, 15) is 63.3 Å². The topological polar surface area (TPSA) is 457 Å². The number of carboxylic acid groups (broad SMARTS) is 1. The molecule has 28 heteroatoms. The van der Waals surface area contributed by atoms with Gasteiger partial charge in [0.05, 0.1) is 25.8 Å². The van der Waals surface area contributed by atoms with Gasteiger partial charge in [-0.3, -0.25) is 59.6 Å². The van der Waals surface area contributed by atoms with E-state index in [4.69, 9.17) is 17.2 Å². The predicted octanol–water partition coefficient (Wildman–Crippen LogP) is -8.34. The molecule has 27 nitrogen and oxygen atoms in total. The number of carbonyl (C=O) groups is 10. The molecule has 1 saturated heterocycles. The van der Waals surface area contributed by atoms with Gasteiger partial charge in [0.25, 0.3) is 0 Å². The third kappa shape index (κ3) is 20.3. The Bertz CT molecular complexity index is 2350. The summed E-state index contributed by atoms with van der Waals surface area (Å²) in [4.78, 5) is 143. The Hall–Kier alpha value is -7.04. The van der Waals surface area contributed by atoms with Gasteiger partial charge in [0, 0.05) is 60.9 Å². The second-order valence-corrected chi connectivity index (χ2v) is 19.8. The summed E-state index contributed by atoms with van der Waals surface area (Å²) in [6, 6.07) is -5.21. The van der Waals surface area contributed by atoms with E-state index in [1.165, 1.54) is 7.05 Å². The monoisotopic (exact) mass is 1080 g/mol. The molecule has 3 rings (SSSR count). The molecule has 9 atom stereocenters. The number of para-hydroxylation sites is 1. The number of benzene rings is 1. The standard InChI is InChI=1S/C47H74N14O13S/c1-24(2)18-30-40(68)59-34(44(72)55-31(19-26-21-53-28-11-6-5-10-27(26)28)41(69)54-29(39(49)67)12-7-8-15-48)23-75-17-14-36(64)61(4)35(13-9-16-52-47(50)51)45(73)58-33(22-62)43(71)56-32(20-37(65)66)42(70)60-38(25(3)63)46(74)57-30/h5-6,10-11,21,24-25,29-35,38,53,62-63H,7-9,12-20,22-23,48H2,1-4H3,(H2,49,67)(H,54,69)(H,55,72)(H,56,71)(H,57,74)(H,58,73)(H,59,68)(H,60,70)(H,65,66)(H4,50,51,52)/p+1/t25-,29+,30+,31+,32+,33+,34+,35+,38+/m1/s1. The number of thioether (sulfide) groups is 1. The number of carbonyl (C=O) groups excluding carboxylic acids is 10. The molecule has 0 bridgehead atoms. The number of carboxylic acids is 1. The van der Waals surface area contributed by atoms with Crippen LogP contribution in [0.1, 0.15) is 77.7 Å². The maximum absolute atomic E-state index is 14.6. The average Bonchev–Trinajstić information content (AvgIpc) is 3.75. The number of unbranched alkanes of at least 4 members (excludes halogenated alkanes) is 1. The summed E-state index contributed by atoms with van der Waals surface area (Å²) >= 11 is 1.04.